The summed E-state index contributed by atoms with van der Waals surface area (Å²) in [6, 6.07) is 2.60. The third-order valence-electron chi connectivity index (χ3n) is 2.86. The van der Waals surface area contributed by atoms with Crippen molar-refractivity contribution >= 4 is 17.3 Å². The Labute approximate surface area is 89.9 Å². The van der Waals surface area contributed by atoms with Crippen LogP contribution in [-0.4, -0.2) is 23.5 Å². The Morgan fingerprint density at radius 3 is 3.21 bits per heavy atom. The van der Waals surface area contributed by atoms with Crippen molar-refractivity contribution in [2.75, 3.05) is 17.3 Å². The van der Waals surface area contributed by atoms with Gasteiger partial charge in [-0.25, -0.2) is 0 Å². The van der Waals surface area contributed by atoms with Gasteiger partial charge in [-0.15, -0.1) is 11.6 Å². The van der Waals surface area contributed by atoms with Gasteiger partial charge in [0.25, 0.3) is 0 Å². The van der Waals surface area contributed by atoms with Crippen LogP contribution < -0.4 is 4.90 Å². The lowest BCUT2D eigenvalue weighted by atomic mass is 10.2. The van der Waals surface area contributed by atoms with Gasteiger partial charge >= 0.3 is 0 Å². The second-order valence-corrected chi connectivity index (χ2v) is 4.11. The van der Waals surface area contributed by atoms with E-state index in [0.717, 1.165) is 12.4 Å². The molecule has 1 fully saturated rings. The third-order valence-corrected chi connectivity index (χ3v) is 3.21. The molecular weight excluding hydrogens is 196 g/mol. The molecule has 1 aliphatic heterocycles. The number of halogens is 1. The standard InChI is InChI=1S/C11H15ClN2/c1-9-8-13-5-4-11(9)14-6-2-3-10(14)7-12/h4-5,8,10H,2-3,6-7H2,1H3. The van der Waals surface area contributed by atoms with Crippen molar-refractivity contribution in [3.8, 4) is 0 Å². The predicted octanol–water partition coefficient (Wildman–Crippen LogP) is 2.60. The van der Waals surface area contributed by atoms with Crippen LogP contribution >= 0.6 is 11.6 Å². The summed E-state index contributed by atoms with van der Waals surface area (Å²) in [4.78, 5) is 6.51. The fraction of sp³-hybridized carbons (Fsp3) is 0.545. The largest absolute Gasteiger partial charge is 0.367 e. The van der Waals surface area contributed by atoms with Crippen molar-refractivity contribution in [1.29, 1.82) is 0 Å². The van der Waals surface area contributed by atoms with Crippen molar-refractivity contribution in [3.05, 3.63) is 24.0 Å². The van der Waals surface area contributed by atoms with Crippen molar-refractivity contribution in [2.24, 2.45) is 0 Å². The van der Waals surface area contributed by atoms with Crippen molar-refractivity contribution < 1.29 is 0 Å². The van der Waals surface area contributed by atoms with E-state index in [1.165, 1.54) is 24.1 Å². The Hall–Kier alpha value is -0.760. The van der Waals surface area contributed by atoms with Gasteiger partial charge < -0.3 is 4.90 Å². The Morgan fingerprint density at radius 2 is 2.50 bits per heavy atom. The van der Waals surface area contributed by atoms with E-state index in [4.69, 9.17) is 11.6 Å². The first-order chi connectivity index (χ1) is 6.83. The summed E-state index contributed by atoms with van der Waals surface area (Å²) in [6.07, 6.45) is 6.23. The van der Waals surface area contributed by atoms with Crippen LogP contribution in [0, 0.1) is 6.92 Å². The molecule has 1 aromatic rings. The highest BCUT2D eigenvalue weighted by molar-refractivity contribution is 6.18. The van der Waals surface area contributed by atoms with Crippen LogP contribution in [0.1, 0.15) is 18.4 Å². The molecule has 14 heavy (non-hydrogen) atoms. The molecule has 0 amide bonds. The summed E-state index contributed by atoms with van der Waals surface area (Å²) in [5.74, 6) is 0.724. The zero-order valence-corrected chi connectivity index (χ0v) is 9.17. The highest BCUT2D eigenvalue weighted by atomic mass is 35.5. The molecular formula is C11H15ClN2. The number of anilines is 1. The zero-order valence-electron chi connectivity index (χ0n) is 8.41. The fourth-order valence-electron chi connectivity index (χ4n) is 2.10. The monoisotopic (exact) mass is 210 g/mol. The fourth-order valence-corrected chi connectivity index (χ4v) is 2.42. The first-order valence-electron chi connectivity index (χ1n) is 5.06. The maximum absolute atomic E-state index is 5.95. The van der Waals surface area contributed by atoms with Gasteiger partial charge in [-0.3, -0.25) is 4.98 Å². The lowest BCUT2D eigenvalue weighted by Crippen LogP contribution is -2.30. The molecule has 0 bridgehead atoms. The van der Waals surface area contributed by atoms with E-state index in [1.807, 2.05) is 12.4 Å². The molecule has 2 rings (SSSR count). The second-order valence-electron chi connectivity index (χ2n) is 3.81. The molecule has 0 radical (unpaired) electrons. The van der Waals surface area contributed by atoms with Crippen molar-refractivity contribution in [2.45, 2.75) is 25.8 Å². The first kappa shape index (κ1) is 9.78. The molecule has 0 saturated carbocycles. The van der Waals surface area contributed by atoms with Gasteiger partial charge in [-0.2, -0.15) is 0 Å². The van der Waals surface area contributed by atoms with E-state index >= 15 is 0 Å². The molecule has 1 atom stereocenters. The molecule has 1 unspecified atom stereocenters. The molecule has 0 aromatic carbocycles. The van der Waals surface area contributed by atoms with Gasteiger partial charge in [0.05, 0.1) is 0 Å². The van der Waals surface area contributed by atoms with E-state index in [2.05, 4.69) is 22.9 Å². The molecule has 0 aliphatic carbocycles. The quantitative estimate of drug-likeness (QED) is 0.698. The molecule has 3 heteroatoms. The predicted molar refractivity (Wildman–Crippen MR) is 60.1 cm³/mol. The van der Waals surface area contributed by atoms with Gasteiger partial charge in [0, 0.05) is 36.5 Å². The molecule has 1 saturated heterocycles. The zero-order chi connectivity index (χ0) is 9.97. The van der Waals surface area contributed by atoms with Crippen LogP contribution in [-0.2, 0) is 0 Å². The maximum Gasteiger partial charge on any atom is 0.0429 e. The number of nitrogens with zero attached hydrogens (tertiary/aromatic N) is 2. The molecule has 1 aliphatic rings. The molecule has 76 valence electrons. The normalized spacial score (nSPS) is 21.6. The average Bonchev–Trinajstić information content (AvgIpc) is 2.66. The molecule has 2 nitrogen and oxygen atoms in total. The van der Waals surface area contributed by atoms with E-state index in [9.17, 15) is 0 Å². The molecule has 2 heterocycles. The third kappa shape index (κ3) is 1.71. The summed E-state index contributed by atoms with van der Waals surface area (Å²) in [6.45, 7) is 3.23. The van der Waals surface area contributed by atoms with Crippen LogP contribution in [0.5, 0.6) is 0 Å². The van der Waals surface area contributed by atoms with Gasteiger partial charge in [0.15, 0.2) is 0 Å². The number of pyridine rings is 1. The highest BCUT2D eigenvalue weighted by Gasteiger charge is 2.24. The lowest BCUT2D eigenvalue weighted by Gasteiger charge is -2.26. The van der Waals surface area contributed by atoms with Gasteiger partial charge in [-0.05, 0) is 31.4 Å². The Morgan fingerprint density at radius 1 is 1.64 bits per heavy atom. The second kappa shape index (κ2) is 4.18. The topological polar surface area (TPSA) is 16.1 Å². The van der Waals surface area contributed by atoms with E-state index in [-0.39, 0.29) is 0 Å². The SMILES string of the molecule is Cc1cnccc1N1CCCC1CCl. The number of rotatable bonds is 2. The Bertz CT molecular complexity index is 314. The summed E-state index contributed by atoms with van der Waals surface area (Å²) in [7, 11) is 0. The van der Waals surface area contributed by atoms with E-state index in [1.54, 1.807) is 0 Å². The average molecular weight is 211 g/mol. The summed E-state index contributed by atoms with van der Waals surface area (Å²) in [5, 5.41) is 0. The minimum Gasteiger partial charge on any atom is -0.367 e. The molecule has 1 aromatic heterocycles. The maximum atomic E-state index is 5.95. The smallest absolute Gasteiger partial charge is 0.0429 e. The van der Waals surface area contributed by atoms with Gasteiger partial charge in [0.1, 0.15) is 0 Å². The van der Waals surface area contributed by atoms with E-state index in [0.29, 0.717) is 6.04 Å². The van der Waals surface area contributed by atoms with E-state index < -0.39 is 0 Å². The number of alkyl halides is 1. The van der Waals surface area contributed by atoms with Crippen LogP contribution in [0.2, 0.25) is 0 Å². The van der Waals surface area contributed by atoms with Crippen molar-refractivity contribution in [1.82, 2.24) is 4.98 Å². The highest BCUT2D eigenvalue weighted by Crippen LogP contribution is 2.27. The van der Waals surface area contributed by atoms with Gasteiger partial charge in [0.2, 0.25) is 0 Å². The number of hydrogen-bond donors (Lipinski definition) is 0. The summed E-state index contributed by atoms with van der Waals surface area (Å²) >= 11 is 5.95. The Kier molecular flexibility index (Phi) is 2.92. The summed E-state index contributed by atoms with van der Waals surface area (Å²) in [5.41, 5.74) is 2.53. The molecule has 0 N–H and O–H groups in total. The minimum absolute atomic E-state index is 0.512. The van der Waals surface area contributed by atoms with Crippen LogP contribution in [0.3, 0.4) is 0 Å². The number of aryl methyl sites for hydroxylation is 1. The van der Waals surface area contributed by atoms with Gasteiger partial charge in [-0.1, -0.05) is 0 Å². The lowest BCUT2D eigenvalue weighted by molar-refractivity contribution is 0.739. The summed E-state index contributed by atoms with van der Waals surface area (Å²) < 4.78 is 0. The van der Waals surface area contributed by atoms with Crippen LogP contribution in [0.15, 0.2) is 18.5 Å². The Balaban J connectivity index is 2.26. The number of aromatic nitrogens is 1. The van der Waals surface area contributed by atoms with Crippen LogP contribution in [0.4, 0.5) is 5.69 Å². The van der Waals surface area contributed by atoms with Crippen molar-refractivity contribution in [3.63, 3.8) is 0 Å². The van der Waals surface area contributed by atoms with Crippen LogP contribution in [0.25, 0.3) is 0 Å². The number of hydrogen-bond acceptors (Lipinski definition) is 2. The first-order valence-corrected chi connectivity index (χ1v) is 5.59. The minimum atomic E-state index is 0.512. The molecule has 0 spiro atoms.